The van der Waals surface area contributed by atoms with Crippen molar-refractivity contribution in [1.82, 2.24) is 4.83 Å². The first-order chi connectivity index (χ1) is 12.7. The van der Waals surface area contributed by atoms with Crippen LogP contribution in [0.1, 0.15) is 29.2 Å². The molecule has 0 aliphatic rings. The van der Waals surface area contributed by atoms with E-state index in [1.807, 2.05) is 26.0 Å². The van der Waals surface area contributed by atoms with Gasteiger partial charge in [0, 0.05) is 0 Å². The van der Waals surface area contributed by atoms with E-state index in [0.29, 0.717) is 39.8 Å². The highest BCUT2D eigenvalue weighted by Gasteiger charge is 2.19. The Bertz CT molecular complexity index is 949. The summed E-state index contributed by atoms with van der Waals surface area (Å²) < 4.78 is 36.0. The average molecular weight is 411 g/mol. The molecule has 2 aromatic rings. The molecule has 0 fully saturated rings. The van der Waals surface area contributed by atoms with Gasteiger partial charge in [-0.15, -0.1) is 0 Å². The van der Waals surface area contributed by atoms with Gasteiger partial charge >= 0.3 is 0 Å². The number of methoxy groups -OCH3 is 1. The number of halogens is 1. The highest BCUT2D eigenvalue weighted by Crippen LogP contribution is 2.35. The molecular weight excluding hydrogens is 388 g/mol. The summed E-state index contributed by atoms with van der Waals surface area (Å²) in [5.74, 6) is 0.879. The van der Waals surface area contributed by atoms with Gasteiger partial charge in [-0.25, -0.2) is 4.83 Å². The van der Waals surface area contributed by atoms with Crippen LogP contribution in [-0.4, -0.2) is 28.3 Å². The first-order valence-electron chi connectivity index (χ1n) is 8.32. The molecular formula is C19H23ClN2O4S. The summed E-state index contributed by atoms with van der Waals surface area (Å²) in [4.78, 5) is 2.48. The normalized spacial score (nSPS) is 11.6. The number of sulfonamides is 1. The zero-order valence-electron chi connectivity index (χ0n) is 16.0. The van der Waals surface area contributed by atoms with Crippen LogP contribution in [0, 0.1) is 20.8 Å². The van der Waals surface area contributed by atoms with Crippen LogP contribution in [0.4, 0.5) is 0 Å². The fourth-order valence-corrected chi connectivity index (χ4v) is 4.47. The number of ether oxygens (including phenoxy) is 2. The third-order valence-corrected chi connectivity index (χ3v) is 5.60. The van der Waals surface area contributed by atoms with Crippen LogP contribution >= 0.6 is 11.6 Å². The molecule has 27 heavy (non-hydrogen) atoms. The first kappa shape index (κ1) is 21.1. The van der Waals surface area contributed by atoms with Crippen molar-refractivity contribution in [3.63, 3.8) is 0 Å². The molecule has 146 valence electrons. The lowest BCUT2D eigenvalue weighted by molar-refractivity contribution is 0.311. The zero-order valence-corrected chi connectivity index (χ0v) is 17.5. The van der Waals surface area contributed by atoms with Gasteiger partial charge in [0.15, 0.2) is 11.5 Å². The Morgan fingerprint density at radius 2 is 1.78 bits per heavy atom. The topological polar surface area (TPSA) is 77.0 Å². The van der Waals surface area contributed by atoms with Crippen LogP contribution in [0.25, 0.3) is 0 Å². The Balaban J connectivity index is 2.29. The first-order valence-corrected chi connectivity index (χ1v) is 10.2. The van der Waals surface area contributed by atoms with Crippen molar-refractivity contribution in [3.05, 3.63) is 51.5 Å². The molecule has 0 unspecified atom stereocenters. The van der Waals surface area contributed by atoms with Crippen molar-refractivity contribution in [2.24, 2.45) is 5.10 Å². The smallest absolute Gasteiger partial charge is 0.277 e. The Labute approximate surface area is 165 Å². The summed E-state index contributed by atoms with van der Waals surface area (Å²) in [7, 11) is -2.29. The monoisotopic (exact) mass is 410 g/mol. The molecule has 0 bridgehead atoms. The Morgan fingerprint density at radius 1 is 1.15 bits per heavy atom. The number of hydrogen-bond acceptors (Lipinski definition) is 5. The number of nitrogens with zero attached hydrogens (tertiary/aromatic N) is 1. The van der Waals surface area contributed by atoms with E-state index in [1.54, 1.807) is 26.0 Å². The molecule has 0 aromatic heterocycles. The molecule has 1 N–H and O–H groups in total. The highest BCUT2D eigenvalue weighted by atomic mass is 35.5. The van der Waals surface area contributed by atoms with Crippen molar-refractivity contribution in [3.8, 4) is 11.5 Å². The predicted octanol–water partition coefficient (Wildman–Crippen LogP) is 3.98. The Morgan fingerprint density at radius 3 is 2.33 bits per heavy atom. The summed E-state index contributed by atoms with van der Waals surface area (Å²) in [6.45, 7) is 7.72. The van der Waals surface area contributed by atoms with E-state index in [4.69, 9.17) is 21.1 Å². The zero-order chi connectivity index (χ0) is 20.2. The lowest BCUT2D eigenvalue weighted by Gasteiger charge is -2.12. The molecule has 8 heteroatoms. The van der Waals surface area contributed by atoms with Gasteiger partial charge in [0.2, 0.25) is 0 Å². The summed E-state index contributed by atoms with van der Waals surface area (Å²) >= 11 is 6.19. The molecule has 0 saturated heterocycles. The summed E-state index contributed by atoms with van der Waals surface area (Å²) in [6.07, 6.45) is 1.37. The second-order valence-corrected chi connectivity index (χ2v) is 8.05. The maximum absolute atomic E-state index is 12.6. The van der Waals surface area contributed by atoms with Gasteiger partial charge in [0.25, 0.3) is 10.0 Å². The van der Waals surface area contributed by atoms with E-state index >= 15 is 0 Å². The fourth-order valence-electron chi connectivity index (χ4n) is 2.93. The number of aryl methyl sites for hydroxylation is 3. The second kappa shape index (κ2) is 8.63. The number of benzene rings is 2. The van der Waals surface area contributed by atoms with Crippen molar-refractivity contribution in [2.75, 3.05) is 13.7 Å². The van der Waals surface area contributed by atoms with Crippen molar-refractivity contribution < 1.29 is 17.9 Å². The summed E-state index contributed by atoms with van der Waals surface area (Å²) in [5, 5.41) is 4.22. The quantitative estimate of drug-likeness (QED) is 0.553. The van der Waals surface area contributed by atoms with Crippen molar-refractivity contribution in [2.45, 2.75) is 32.6 Å². The number of hydrogen-bond donors (Lipinski definition) is 1. The highest BCUT2D eigenvalue weighted by molar-refractivity contribution is 7.89. The fraction of sp³-hybridized carbons (Fsp3) is 0.316. The molecule has 0 amide bonds. The lowest BCUT2D eigenvalue weighted by Crippen LogP contribution is -2.20. The largest absolute Gasteiger partial charge is 0.491 e. The van der Waals surface area contributed by atoms with E-state index in [-0.39, 0.29) is 4.90 Å². The minimum Gasteiger partial charge on any atom is -0.491 e. The van der Waals surface area contributed by atoms with Gasteiger partial charge in [0.05, 0.1) is 29.8 Å². The lowest BCUT2D eigenvalue weighted by atomic mass is 10.1. The summed E-state index contributed by atoms with van der Waals surface area (Å²) in [5.41, 5.74) is 2.91. The Hall–Kier alpha value is -2.25. The van der Waals surface area contributed by atoms with Crippen LogP contribution in [0.2, 0.25) is 5.02 Å². The molecule has 0 saturated carbocycles. The van der Waals surface area contributed by atoms with Crippen molar-refractivity contribution in [1.29, 1.82) is 0 Å². The molecule has 0 radical (unpaired) electrons. The second-order valence-electron chi connectivity index (χ2n) is 6.05. The van der Waals surface area contributed by atoms with E-state index in [1.165, 1.54) is 13.3 Å². The average Bonchev–Trinajstić information content (AvgIpc) is 2.53. The minimum atomic E-state index is -3.79. The molecule has 0 spiro atoms. The van der Waals surface area contributed by atoms with E-state index in [9.17, 15) is 8.42 Å². The minimum absolute atomic E-state index is 0.230. The van der Waals surface area contributed by atoms with Gasteiger partial charge in [-0.2, -0.15) is 13.5 Å². The SMILES string of the molecule is CCOc1cc(/C=N/NS(=O)(=O)c2c(C)cc(C)cc2C)cc(Cl)c1OC. The maximum Gasteiger partial charge on any atom is 0.277 e. The van der Waals surface area contributed by atoms with Crippen LogP contribution in [-0.2, 0) is 10.0 Å². The van der Waals surface area contributed by atoms with Crippen molar-refractivity contribution >= 4 is 27.8 Å². The molecule has 0 atom stereocenters. The number of hydrazone groups is 1. The van der Waals surface area contributed by atoms with Gasteiger partial charge < -0.3 is 9.47 Å². The van der Waals surface area contributed by atoms with Gasteiger partial charge in [-0.05, 0) is 56.5 Å². The van der Waals surface area contributed by atoms with E-state index in [0.717, 1.165) is 5.56 Å². The Kier molecular flexibility index (Phi) is 6.73. The molecule has 2 aromatic carbocycles. The molecule has 6 nitrogen and oxygen atoms in total. The summed E-state index contributed by atoms with van der Waals surface area (Å²) in [6, 6.07) is 6.93. The van der Waals surface area contributed by atoms with E-state index in [2.05, 4.69) is 9.93 Å². The van der Waals surface area contributed by atoms with Crippen LogP contribution in [0.15, 0.2) is 34.3 Å². The van der Waals surface area contributed by atoms with E-state index < -0.39 is 10.0 Å². The molecule has 0 aliphatic carbocycles. The molecule has 0 heterocycles. The standard InChI is InChI=1S/C19H23ClN2O4S/c1-6-26-17-10-15(9-16(20)18(17)25-5)11-21-22-27(23,24)19-13(3)7-12(2)8-14(19)4/h7-11,22H,6H2,1-5H3/b21-11+. The predicted molar refractivity (Wildman–Crippen MR) is 108 cm³/mol. The third-order valence-electron chi connectivity index (χ3n) is 3.80. The van der Waals surface area contributed by atoms with Gasteiger partial charge in [-0.1, -0.05) is 29.3 Å². The maximum atomic E-state index is 12.6. The van der Waals surface area contributed by atoms with Gasteiger partial charge in [-0.3, -0.25) is 0 Å². The van der Waals surface area contributed by atoms with Crippen LogP contribution in [0.5, 0.6) is 11.5 Å². The number of rotatable bonds is 7. The molecule has 0 aliphatic heterocycles. The third kappa shape index (κ3) is 4.93. The molecule has 2 rings (SSSR count). The van der Waals surface area contributed by atoms with Crippen LogP contribution in [0.3, 0.4) is 0 Å². The van der Waals surface area contributed by atoms with Crippen LogP contribution < -0.4 is 14.3 Å². The van der Waals surface area contributed by atoms with Gasteiger partial charge in [0.1, 0.15) is 0 Å². The number of nitrogens with one attached hydrogen (secondary N) is 1.